The molecule has 4 atom stereocenters. The van der Waals surface area contributed by atoms with Crippen molar-refractivity contribution in [2.45, 2.75) is 37.8 Å². The van der Waals surface area contributed by atoms with E-state index in [4.69, 9.17) is 18.9 Å². The smallest absolute Gasteiger partial charge is 0.264 e. The van der Waals surface area contributed by atoms with Gasteiger partial charge in [-0.1, -0.05) is 30.3 Å². The Hall–Kier alpha value is -5.78. The van der Waals surface area contributed by atoms with Crippen LogP contribution in [-0.4, -0.2) is 83.8 Å². The number of carbonyl (C=O) groups is 2. The number of hydrogen-bond acceptors (Lipinski definition) is 10. The molecular formula is C44H43N3O8. The van der Waals surface area contributed by atoms with Crippen molar-refractivity contribution in [3.05, 3.63) is 136 Å². The fraction of sp³-hybridized carbons (Fsp3) is 0.318. The second-order valence-electron chi connectivity index (χ2n) is 15.1. The molecule has 6 aliphatic rings. The minimum atomic E-state index is -0.400. The zero-order valence-corrected chi connectivity index (χ0v) is 31.0. The molecule has 11 nitrogen and oxygen atoms in total. The number of aromatic hydroxyl groups is 1. The molecule has 1 fully saturated rings. The number of phenols is 1. The number of aliphatic hydroxyl groups is 1. The van der Waals surface area contributed by atoms with E-state index in [1.165, 1.54) is 7.11 Å². The summed E-state index contributed by atoms with van der Waals surface area (Å²) in [7, 11) is 5.73. The van der Waals surface area contributed by atoms with Gasteiger partial charge in [-0.3, -0.25) is 14.5 Å². The lowest BCUT2D eigenvalue weighted by Gasteiger charge is -2.45. The Morgan fingerprint density at radius 3 is 2.31 bits per heavy atom. The first-order valence-electron chi connectivity index (χ1n) is 18.8. The number of phenolic OH excluding ortho intramolecular Hbond substituents is 1. The van der Waals surface area contributed by atoms with Gasteiger partial charge in [-0.25, -0.2) is 4.90 Å². The van der Waals surface area contributed by atoms with E-state index in [-0.39, 0.29) is 47.9 Å². The third kappa shape index (κ3) is 6.17. The number of allylic oxidation sites excluding steroid dienone is 1. The van der Waals surface area contributed by atoms with Crippen molar-refractivity contribution < 1.29 is 38.7 Å². The second-order valence-corrected chi connectivity index (χ2v) is 15.1. The number of carbonyl (C=O) groups excluding carboxylic acids is 2. The maximum absolute atomic E-state index is 13.1. The van der Waals surface area contributed by atoms with Gasteiger partial charge < -0.3 is 34.1 Å². The average Bonchev–Trinajstić information content (AvgIpc) is 3.42. The van der Waals surface area contributed by atoms with Gasteiger partial charge in [-0.2, -0.15) is 0 Å². The molecule has 0 aromatic heterocycles. The minimum absolute atomic E-state index is 0.0213. The second kappa shape index (κ2) is 13.8. The molecule has 11 heteroatoms. The van der Waals surface area contributed by atoms with E-state index in [2.05, 4.69) is 36.0 Å². The van der Waals surface area contributed by atoms with Crippen molar-refractivity contribution in [3.8, 4) is 28.7 Å². The van der Waals surface area contributed by atoms with Crippen LogP contribution in [0.4, 0.5) is 0 Å². The first kappa shape index (κ1) is 35.0. The number of benzene rings is 4. The topological polar surface area (TPSA) is 121 Å². The summed E-state index contributed by atoms with van der Waals surface area (Å²) in [6, 6.07) is 24.2. The van der Waals surface area contributed by atoms with Crippen LogP contribution in [0.15, 0.2) is 102 Å². The Morgan fingerprint density at radius 2 is 1.56 bits per heavy atom. The van der Waals surface area contributed by atoms with Crippen molar-refractivity contribution in [2.75, 3.05) is 41.0 Å². The van der Waals surface area contributed by atoms with Gasteiger partial charge in [-0.15, -0.1) is 0 Å². The highest BCUT2D eigenvalue weighted by Gasteiger charge is 2.45. The van der Waals surface area contributed by atoms with Gasteiger partial charge in [-0.05, 0) is 129 Å². The maximum Gasteiger partial charge on any atom is 0.264 e. The number of likely N-dealkylation sites (N-methyl/N-ethyl adjacent to an activating group) is 2. The van der Waals surface area contributed by atoms with Crippen LogP contribution < -0.4 is 14.2 Å². The van der Waals surface area contributed by atoms with Gasteiger partial charge in [0.25, 0.3) is 11.8 Å². The Morgan fingerprint density at radius 1 is 0.818 bits per heavy atom. The highest BCUT2D eigenvalue weighted by atomic mass is 16.5. The molecule has 2 unspecified atom stereocenters. The van der Waals surface area contributed by atoms with Crippen molar-refractivity contribution in [1.29, 1.82) is 0 Å². The SMILES string of the molecule is COC1=C2Oc3cc4c(cc3O)CCN(C)[C@H]4Cc3ccc(cc3)Oc3cc(ccc3OCN3C(=O)c4ccccc4C3=O)C[C@@H]3C2C(C=C1O)CCN3C. The van der Waals surface area contributed by atoms with Crippen LogP contribution >= 0.6 is 0 Å². The lowest BCUT2D eigenvalue weighted by Crippen LogP contribution is -2.50. The van der Waals surface area contributed by atoms with Gasteiger partial charge in [0.05, 0.1) is 18.2 Å². The van der Waals surface area contributed by atoms with Crippen LogP contribution in [0.3, 0.4) is 0 Å². The minimum Gasteiger partial charge on any atom is -0.504 e. The number of methoxy groups -OCH3 is 1. The normalized spacial score (nSPS) is 23.5. The standard InChI is InChI=1S/C44H43N3O8/c1-45-16-14-27-21-35(48)38-23-32(27)33(45)18-25-8-11-29(12-9-25)54-39-20-26(10-13-37(39)53-24-47-43(50)30-6-4-5-7-31(30)44(47)51)19-34-40-28(15-17-46(34)2)22-36(49)41(52-3)42(40)55-38/h4-13,20-23,28,33-34,40,48-49H,14-19,24H2,1-3H3/t28?,33-,34+,40?/m0/s1. The molecule has 0 radical (unpaired) electrons. The number of amides is 2. The lowest BCUT2D eigenvalue weighted by molar-refractivity contribution is 0.0519. The first-order chi connectivity index (χ1) is 26.7. The van der Waals surface area contributed by atoms with Crippen LogP contribution in [0, 0.1) is 11.8 Å². The number of nitrogens with zero attached hydrogens (tertiary/aromatic N) is 3. The van der Waals surface area contributed by atoms with Crippen LogP contribution in [0.5, 0.6) is 28.7 Å². The summed E-state index contributed by atoms with van der Waals surface area (Å²) in [6.45, 7) is 1.36. The molecule has 4 aromatic rings. The van der Waals surface area contributed by atoms with E-state index in [0.717, 1.165) is 53.1 Å². The summed E-state index contributed by atoms with van der Waals surface area (Å²) in [5.41, 5.74) is 4.94. The van der Waals surface area contributed by atoms with E-state index in [9.17, 15) is 19.8 Å². The zero-order chi connectivity index (χ0) is 38.0. The largest absolute Gasteiger partial charge is 0.504 e. The summed E-state index contributed by atoms with van der Waals surface area (Å²) in [4.78, 5) is 32.0. The molecule has 6 bridgehead atoms. The molecule has 1 aliphatic carbocycles. The first-order valence-corrected chi connectivity index (χ1v) is 18.8. The fourth-order valence-corrected chi connectivity index (χ4v) is 8.94. The summed E-state index contributed by atoms with van der Waals surface area (Å²) in [6.07, 6.45) is 4.75. The number of aliphatic hydroxyl groups excluding tert-OH is 1. The number of piperidine rings is 1. The Kier molecular flexibility index (Phi) is 8.78. The van der Waals surface area contributed by atoms with E-state index < -0.39 is 11.8 Å². The van der Waals surface area contributed by atoms with E-state index in [0.29, 0.717) is 52.7 Å². The van der Waals surface area contributed by atoms with Crippen LogP contribution in [0.2, 0.25) is 0 Å². The van der Waals surface area contributed by atoms with Crippen molar-refractivity contribution >= 4 is 11.8 Å². The van der Waals surface area contributed by atoms with Crippen LogP contribution in [0.25, 0.3) is 0 Å². The zero-order valence-electron chi connectivity index (χ0n) is 31.0. The molecule has 4 aromatic carbocycles. The molecule has 0 spiro atoms. The molecule has 282 valence electrons. The molecular weight excluding hydrogens is 698 g/mol. The number of rotatable bonds is 4. The third-order valence-electron chi connectivity index (χ3n) is 11.9. The number of likely N-dealkylation sites (tertiary alicyclic amines) is 1. The van der Waals surface area contributed by atoms with E-state index in [1.807, 2.05) is 48.5 Å². The monoisotopic (exact) mass is 741 g/mol. The summed E-state index contributed by atoms with van der Waals surface area (Å²) in [5.74, 6) is 1.51. The van der Waals surface area contributed by atoms with Gasteiger partial charge in [0.1, 0.15) is 5.75 Å². The summed E-state index contributed by atoms with van der Waals surface area (Å²) >= 11 is 0. The van der Waals surface area contributed by atoms with Crippen molar-refractivity contribution in [1.82, 2.24) is 14.7 Å². The third-order valence-corrected chi connectivity index (χ3v) is 11.9. The molecule has 2 N–H and O–H groups in total. The predicted octanol–water partition coefficient (Wildman–Crippen LogP) is 6.77. The van der Waals surface area contributed by atoms with Crippen molar-refractivity contribution in [3.63, 3.8) is 0 Å². The summed E-state index contributed by atoms with van der Waals surface area (Å²) in [5, 5.41) is 22.6. The molecule has 2 amide bonds. The van der Waals surface area contributed by atoms with Crippen LogP contribution in [0.1, 0.15) is 55.4 Å². The molecule has 5 heterocycles. The molecule has 10 rings (SSSR count). The fourth-order valence-electron chi connectivity index (χ4n) is 8.94. The summed E-state index contributed by atoms with van der Waals surface area (Å²) < 4.78 is 25.4. The van der Waals surface area contributed by atoms with E-state index >= 15 is 0 Å². The van der Waals surface area contributed by atoms with Crippen molar-refractivity contribution in [2.24, 2.45) is 11.8 Å². The van der Waals surface area contributed by atoms with Gasteiger partial charge in [0, 0.05) is 24.5 Å². The Balaban J connectivity index is 1.13. The molecule has 5 aliphatic heterocycles. The quantitative estimate of drug-likeness (QED) is 0.217. The molecule has 55 heavy (non-hydrogen) atoms. The lowest BCUT2D eigenvalue weighted by atomic mass is 9.73. The van der Waals surface area contributed by atoms with Crippen LogP contribution in [-0.2, 0) is 24.0 Å². The number of imide groups is 1. The van der Waals surface area contributed by atoms with E-state index in [1.54, 1.807) is 24.3 Å². The average molecular weight is 742 g/mol. The van der Waals surface area contributed by atoms with Gasteiger partial charge >= 0.3 is 0 Å². The predicted molar refractivity (Wildman–Crippen MR) is 203 cm³/mol. The molecule has 0 saturated carbocycles. The Labute approximate surface area is 319 Å². The highest BCUT2D eigenvalue weighted by Crippen LogP contribution is 2.47. The number of hydrogen-bond donors (Lipinski definition) is 2. The Bertz CT molecular complexity index is 2230. The highest BCUT2D eigenvalue weighted by molar-refractivity contribution is 6.21. The van der Waals surface area contributed by atoms with Gasteiger partial charge in [0.15, 0.2) is 47.0 Å². The number of ether oxygens (including phenoxy) is 4. The number of fused-ring (bicyclic) bond motifs is 3. The maximum atomic E-state index is 13.1. The molecule has 1 saturated heterocycles. The van der Waals surface area contributed by atoms with Gasteiger partial charge in [0.2, 0.25) is 0 Å².